The summed E-state index contributed by atoms with van der Waals surface area (Å²) in [6.07, 6.45) is -2.38. The van der Waals surface area contributed by atoms with Crippen molar-refractivity contribution >= 4 is 5.91 Å². The average molecular weight is 418 g/mol. The first-order valence-electron chi connectivity index (χ1n) is 9.18. The Morgan fingerprint density at radius 3 is 2.50 bits per heavy atom. The van der Waals surface area contributed by atoms with Gasteiger partial charge in [0.1, 0.15) is 11.4 Å². The summed E-state index contributed by atoms with van der Waals surface area (Å²) < 4.78 is 53.4. The van der Waals surface area contributed by atoms with Crippen LogP contribution in [-0.2, 0) is 12.6 Å². The Morgan fingerprint density at radius 2 is 1.77 bits per heavy atom. The molecule has 0 spiro atoms. The number of nitrogens with one attached hydrogen (secondary N) is 1. The van der Waals surface area contributed by atoms with Gasteiger partial charge in [0.15, 0.2) is 0 Å². The van der Waals surface area contributed by atoms with Gasteiger partial charge in [-0.15, -0.1) is 0 Å². The molecule has 8 heteroatoms. The number of alkyl halides is 3. The van der Waals surface area contributed by atoms with E-state index in [1.54, 1.807) is 18.2 Å². The average Bonchev–Trinajstić information content (AvgIpc) is 2.72. The van der Waals surface area contributed by atoms with E-state index in [-0.39, 0.29) is 23.6 Å². The highest BCUT2D eigenvalue weighted by Crippen LogP contribution is 2.30. The SMILES string of the molecule is O=C(NCCCc1ccccc1F)c1cccn(-c2cccc(C(F)(F)F)c2)c1=O. The molecule has 3 aromatic rings. The highest BCUT2D eigenvalue weighted by Gasteiger charge is 2.30. The van der Waals surface area contributed by atoms with Gasteiger partial charge >= 0.3 is 6.18 Å². The lowest BCUT2D eigenvalue weighted by molar-refractivity contribution is -0.137. The fourth-order valence-electron chi connectivity index (χ4n) is 2.98. The van der Waals surface area contributed by atoms with Crippen LogP contribution in [0.1, 0.15) is 27.9 Å². The number of carbonyl (C=O) groups excluding carboxylic acids is 1. The van der Waals surface area contributed by atoms with Gasteiger partial charge in [0, 0.05) is 18.4 Å². The van der Waals surface area contributed by atoms with Crippen molar-refractivity contribution in [2.45, 2.75) is 19.0 Å². The van der Waals surface area contributed by atoms with E-state index >= 15 is 0 Å². The van der Waals surface area contributed by atoms with Crippen molar-refractivity contribution in [1.82, 2.24) is 9.88 Å². The molecule has 156 valence electrons. The molecular formula is C22H18F4N2O2. The number of aromatic nitrogens is 1. The van der Waals surface area contributed by atoms with Crippen LogP contribution in [0, 0.1) is 5.82 Å². The summed E-state index contributed by atoms with van der Waals surface area (Å²) >= 11 is 0. The molecule has 0 aliphatic rings. The molecular weight excluding hydrogens is 400 g/mol. The first kappa shape index (κ1) is 21.3. The van der Waals surface area contributed by atoms with E-state index in [4.69, 9.17) is 0 Å². The second-order valence-electron chi connectivity index (χ2n) is 6.60. The first-order chi connectivity index (χ1) is 14.3. The third-order valence-electron chi connectivity index (χ3n) is 4.51. The number of halogens is 4. The van der Waals surface area contributed by atoms with Crippen LogP contribution in [0.25, 0.3) is 5.69 Å². The van der Waals surface area contributed by atoms with E-state index in [1.807, 2.05) is 0 Å². The van der Waals surface area contributed by atoms with Crippen LogP contribution in [0.3, 0.4) is 0 Å². The number of carbonyl (C=O) groups is 1. The topological polar surface area (TPSA) is 51.1 Å². The Kier molecular flexibility index (Phi) is 6.34. The van der Waals surface area contributed by atoms with Crippen LogP contribution in [0.2, 0.25) is 0 Å². The van der Waals surface area contributed by atoms with Gasteiger partial charge < -0.3 is 5.32 Å². The van der Waals surface area contributed by atoms with Crippen LogP contribution in [0.15, 0.2) is 71.7 Å². The molecule has 0 aliphatic heterocycles. The largest absolute Gasteiger partial charge is 0.416 e. The third-order valence-corrected chi connectivity index (χ3v) is 4.51. The molecule has 0 aliphatic carbocycles. The summed E-state index contributed by atoms with van der Waals surface area (Å²) in [5.74, 6) is -0.967. The van der Waals surface area contributed by atoms with Gasteiger partial charge in [-0.3, -0.25) is 14.2 Å². The summed E-state index contributed by atoms with van der Waals surface area (Å²) in [5, 5.41) is 2.59. The van der Waals surface area contributed by atoms with Crippen molar-refractivity contribution in [3.05, 3.63) is 99.7 Å². The Hall–Kier alpha value is -3.42. The fourth-order valence-corrected chi connectivity index (χ4v) is 2.98. The number of amides is 1. The summed E-state index contributed by atoms with van der Waals surface area (Å²) in [7, 11) is 0. The maximum atomic E-state index is 13.6. The van der Waals surface area contributed by atoms with Gasteiger partial charge in [-0.25, -0.2) is 4.39 Å². The quantitative estimate of drug-likeness (QED) is 0.478. The molecule has 1 aromatic heterocycles. The molecule has 30 heavy (non-hydrogen) atoms. The Morgan fingerprint density at radius 1 is 1.00 bits per heavy atom. The number of aryl methyl sites for hydroxylation is 1. The zero-order valence-corrected chi connectivity index (χ0v) is 15.7. The van der Waals surface area contributed by atoms with Crippen molar-refractivity contribution in [2.75, 3.05) is 6.54 Å². The smallest absolute Gasteiger partial charge is 0.352 e. The minimum atomic E-state index is -4.55. The van der Waals surface area contributed by atoms with Gasteiger partial charge in [0.2, 0.25) is 0 Å². The van der Waals surface area contributed by atoms with Crippen LogP contribution < -0.4 is 10.9 Å². The van der Waals surface area contributed by atoms with Crippen molar-refractivity contribution < 1.29 is 22.4 Å². The number of hydrogen-bond donors (Lipinski definition) is 1. The van der Waals surface area contributed by atoms with E-state index < -0.39 is 23.2 Å². The maximum absolute atomic E-state index is 13.6. The molecule has 0 saturated heterocycles. The molecule has 0 fully saturated rings. The van der Waals surface area contributed by atoms with Crippen molar-refractivity contribution in [3.8, 4) is 5.69 Å². The second-order valence-corrected chi connectivity index (χ2v) is 6.60. The highest BCUT2D eigenvalue weighted by molar-refractivity contribution is 5.93. The highest BCUT2D eigenvalue weighted by atomic mass is 19.4. The lowest BCUT2D eigenvalue weighted by Gasteiger charge is -2.12. The third kappa shape index (κ3) is 4.94. The molecule has 1 N–H and O–H groups in total. The monoisotopic (exact) mass is 418 g/mol. The molecule has 0 atom stereocenters. The van der Waals surface area contributed by atoms with E-state index in [0.29, 0.717) is 18.4 Å². The van der Waals surface area contributed by atoms with Gasteiger partial charge in [-0.2, -0.15) is 13.2 Å². The Balaban J connectivity index is 1.71. The van der Waals surface area contributed by atoms with E-state index in [0.717, 1.165) is 16.7 Å². The molecule has 0 bridgehead atoms. The van der Waals surface area contributed by atoms with Crippen molar-refractivity contribution in [3.63, 3.8) is 0 Å². The van der Waals surface area contributed by atoms with Crippen molar-refractivity contribution in [2.24, 2.45) is 0 Å². The molecule has 0 unspecified atom stereocenters. The lowest BCUT2D eigenvalue weighted by Crippen LogP contribution is -2.33. The number of benzene rings is 2. The molecule has 0 radical (unpaired) electrons. The minimum absolute atomic E-state index is 0.00373. The van der Waals surface area contributed by atoms with Gasteiger partial charge in [0.05, 0.1) is 5.56 Å². The van der Waals surface area contributed by atoms with E-state index in [1.165, 1.54) is 36.5 Å². The van der Waals surface area contributed by atoms with Gasteiger partial charge in [-0.1, -0.05) is 24.3 Å². The molecule has 4 nitrogen and oxygen atoms in total. The molecule has 3 rings (SSSR count). The van der Waals surface area contributed by atoms with Gasteiger partial charge in [-0.05, 0) is 54.8 Å². The zero-order valence-electron chi connectivity index (χ0n) is 15.7. The number of nitrogens with zero attached hydrogens (tertiary/aromatic N) is 1. The minimum Gasteiger partial charge on any atom is -0.352 e. The lowest BCUT2D eigenvalue weighted by atomic mass is 10.1. The number of pyridine rings is 1. The molecule has 1 heterocycles. The maximum Gasteiger partial charge on any atom is 0.416 e. The Bertz CT molecular complexity index is 1110. The van der Waals surface area contributed by atoms with Crippen molar-refractivity contribution in [1.29, 1.82) is 0 Å². The van der Waals surface area contributed by atoms with E-state index in [2.05, 4.69) is 5.32 Å². The molecule has 0 saturated carbocycles. The van der Waals surface area contributed by atoms with E-state index in [9.17, 15) is 27.2 Å². The first-order valence-corrected chi connectivity index (χ1v) is 9.18. The fraction of sp³-hybridized carbons (Fsp3) is 0.182. The predicted octanol–water partition coefficient (Wildman–Crippen LogP) is 4.36. The van der Waals surface area contributed by atoms with Crippen LogP contribution in [0.4, 0.5) is 17.6 Å². The second kappa shape index (κ2) is 8.94. The standard InChI is InChI=1S/C22H18F4N2O2/c23-19-11-2-1-6-15(19)7-4-12-27-20(29)18-10-5-13-28(21(18)30)17-9-3-8-16(14-17)22(24,25)26/h1-3,5-6,8-11,13-14H,4,7,12H2,(H,27,29). The van der Waals surface area contributed by atoms with Gasteiger partial charge in [0.25, 0.3) is 11.5 Å². The van der Waals surface area contributed by atoms with Crippen LogP contribution in [0.5, 0.6) is 0 Å². The summed E-state index contributed by atoms with van der Waals surface area (Å²) in [6.45, 7) is 0.213. The summed E-state index contributed by atoms with van der Waals surface area (Å²) in [4.78, 5) is 25.0. The normalized spacial score (nSPS) is 11.3. The summed E-state index contributed by atoms with van der Waals surface area (Å²) in [5.41, 5.74) is -1.29. The molecule has 2 aromatic carbocycles. The zero-order chi connectivity index (χ0) is 21.7. The Labute approximate surface area is 169 Å². The number of rotatable bonds is 6. The summed E-state index contributed by atoms with van der Waals surface area (Å²) in [6, 6.07) is 13.3. The van der Waals surface area contributed by atoms with Crippen LogP contribution >= 0.6 is 0 Å². The number of hydrogen-bond acceptors (Lipinski definition) is 2. The predicted molar refractivity (Wildman–Crippen MR) is 104 cm³/mol. The van der Waals surface area contributed by atoms with Crippen LogP contribution in [-0.4, -0.2) is 17.0 Å². The molecule has 1 amide bonds.